The van der Waals surface area contributed by atoms with E-state index in [9.17, 15) is 4.79 Å². The van der Waals surface area contributed by atoms with Crippen molar-refractivity contribution >= 4 is 28.9 Å². The van der Waals surface area contributed by atoms with Gasteiger partial charge in [-0.1, -0.05) is 0 Å². The van der Waals surface area contributed by atoms with E-state index in [1.54, 1.807) is 24.3 Å². The zero-order valence-corrected chi connectivity index (χ0v) is 9.52. The van der Waals surface area contributed by atoms with Crippen molar-refractivity contribution in [1.82, 2.24) is 0 Å². The zero-order chi connectivity index (χ0) is 12.8. The predicted molar refractivity (Wildman–Crippen MR) is 65.9 cm³/mol. The van der Waals surface area contributed by atoms with Crippen LogP contribution in [-0.2, 0) is 0 Å². The average molecular weight is 255 g/mol. The number of aromatic carboxylic acids is 1. The molecule has 0 aliphatic heterocycles. The Morgan fingerprint density at radius 2 is 1.53 bits per heavy atom. The largest absolute Gasteiger partial charge is 0.475 e. The van der Waals surface area contributed by atoms with Gasteiger partial charge in [0, 0.05) is 11.4 Å². The molecule has 1 aromatic carbocycles. The second-order valence-electron chi connectivity index (χ2n) is 3.08. The molecule has 2 aromatic rings. The van der Waals surface area contributed by atoms with Crippen LogP contribution in [0.1, 0.15) is 10.6 Å². The van der Waals surface area contributed by atoms with Crippen LogP contribution in [0.4, 0.5) is 11.4 Å². The number of nitrogen functional groups attached to an aromatic ring is 2. The molecule has 90 valence electrons. The summed E-state index contributed by atoms with van der Waals surface area (Å²) < 4.78 is 4.51. The van der Waals surface area contributed by atoms with Crippen LogP contribution in [0.15, 0.2) is 40.8 Å². The van der Waals surface area contributed by atoms with Gasteiger partial charge in [-0.2, -0.15) is 0 Å². The van der Waals surface area contributed by atoms with E-state index in [0.717, 1.165) is 11.4 Å². The van der Waals surface area contributed by atoms with Crippen molar-refractivity contribution < 1.29 is 14.3 Å². The third kappa shape index (κ3) is 4.48. The van der Waals surface area contributed by atoms with E-state index in [1.165, 1.54) is 12.1 Å². The molecule has 0 saturated carbocycles. The van der Waals surface area contributed by atoms with Gasteiger partial charge in [0.25, 0.3) is 0 Å². The Labute approximate surface area is 103 Å². The van der Waals surface area contributed by atoms with Gasteiger partial charge in [0.05, 0.1) is 0 Å². The van der Waals surface area contributed by atoms with Gasteiger partial charge < -0.3 is 21.0 Å². The average Bonchev–Trinajstić information content (AvgIpc) is 2.70. The van der Waals surface area contributed by atoms with Gasteiger partial charge in [0.1, 0.15) is 0 Å². The maximum Gasteiger partial charge on any atom is 0.371 e. The van der Waals surface area contributed by atoms with Gasteiger partial charge >= 0.3 is 5.97 Å². The summed E-state index contributed by atoms with van der Waals surface area (Å²) in [5.41, 5.74) is 12.2. The van der Waals surface area contributed by atoms with Crippen molar-refractivity contribution in [2.45, 2.75) is 0 Å². The lowest BCUT2D eigenvalue weighted by atomic mass is 10.3. The molecular weight excluding hydrogens is 244 g/mol. The summed E-state index contributed by atoms with van der Waals surface area (Å²) >= 11 is 5.27. The third-order valence-electron chi connectivity index (χ3n) is 1.72. The molecule has 1 heterocycles. The maximum atomic E-state index is 10.1. The molecule has 5 N–H and O–H groups in total. The van der Waals surface area contributed by atoms with Crippen LogP contribution in [0.3, 0.4) is 0 Å². The van der Waals surface area contributed by atoms with Gasteiger partial charge in [-0.15, -0.1) is 0 Å². The van der Waals surface area contributed by atoms with E-state index in [4.69, 9.17) is 28.2 Å². The van der Waals surface area contributed by atoms with Crippen LogP contribution >= 0.6 is 11.6 Å². The highest BCUT2D eigenvalue weighted by molar-refractivity contribution is 6.29. The first kappa shape index (κ1) is 12.9. The lowest BCUT2D eigenvalue weighted by Crippen LogP contribution is -1.91. The summed E-state index contributed by atoms with van der Waals surface area (Å²) in [4.78, 5) is 10.1. The van der Waals surface area contributed by atoms with Gasteiger partial charge in [-0.3, -0.25) is 0 Å². The molecule has 0 unspecified atom stereocenters. The van der Waals surface area contributed by atoms with Crippen LogP contribution in [0.5, 0.6) is 0 Å². The van der Waals surface area contributed by atoms with Crippen molar-refractivity contribution in [2.24, 2.45) is 0 Å². The fourth-order valence-electron chi connectivity index (χ4n) is 0.925. The number of carboxylic acids is 1. The molecule has 0 radical (unpaired) electrons. The predicted octanol–water partition coefficient (Wildman–Crippen LogP) is 2.48. The monoisotopic (exact) mass is 254 g/mol. The molecular formula is C11H11ClN2O3. The minimum Gasteiger partial charge on any atom is -0.475 e. The van der Waals surface area contributed by atoms with Crippen molar-refractivity contribution in [3.05, 3.63) is 47.4 Å². The van der Waals surface area contributed by atoms with Gasteiger partial charge in [-0.25, -0.2) is 4.79 Å². The van der Waals surface area contributed by atoms with Gasteiger partial charge in [-0.05, 0) is 48.0 Å². The summed E-state index contributed by atoms with van der Waals surface area (Å²) in [6, 6.07) is 9.77. The van der Waals surface area contributed by atoms with E-state index in [2.05, 4.69) is 4.42 Å². The van der Waals surface area contributed by atoms with Crippen molar-refractivity contribution in [2.75, 3.05) is 11.5 Å². The van der Waals surface area contributed by atoms with Crippen LogP contribution in [-0.4, -0.2) is 11.1 Å². The molecule has 0 bridgehead atoms. The standard InChI is InChI=1S/C6H8N2.C5H3ClO3/c7-5-1-2-6(8)4-3-5;6-4-2-1-3(9-4)5(7)8/h1-4H,7-8H2;1-2H,(H,7,8). The molecule has 0 amide bonds. The topological polar surface area (TPSA) is 102 Å². The zero-order valence-electron chi connectivity index (χ0n) is 8.76. The summed E-state index contributed by atoms with van der Waals surface area (Å²) in [5, 5.41) is 8.34. The summed E-state index contributed by atoms with van der Waals surface area (Å²) in [5.74, 6) is -1.25. The molecule has 0 aliphatic carbocycles. The lowest BCUT2D eigenvalue weighted by Gasteiger charge is -1.90. The second kappa shape index (κ2) is 5.81. The molecule has 6 heteroatoms. The first-order chi connectivity index (χ1) is 7.99. The first-order valence-corrected chi connectivity index (χ1v) is 4.96. The lowest BCUT2D eigenvalue weighted by molar-refractivity contribution is 0.0662. The molecule has 0 saturated heterocycles. The maximum absolute atomic E-state index is 10.1. The number of anilines is 2. The van der Waals surface area contributed by atoms with Crippen LogP contribution < -0.4 is 11.5 Å². The Hall–Kier alpha value is -2.14. The summed E-state index contributed by atoms with van der Waals surface area (Å²) in [7, 11) is 0. The van der Waals surface area contributed by atoms with Crippen molar-refractivity contribution in [1.29, 1.82) is 0 Å². The molecule has 2 rings (SSSR count). The number of carboxylic acid groups (broad SMARTS) is 1. The highest BCUT2D eigenvalue weighted by atomic mass is 35.5. The number of benzene rings is 1. The number of carbonyl (C=O) groups is 1. The van der Waals surface area contributed by atoms with Crippen molar-refractivity contribution in [3.8, 4) is 0 Å². The van der Waals surface area contributed by atoms with E-state index >= 15 is 0 Å². The number of halogens is 1. The van der Waals surface area contributed by atoms with Gasteiger partial charge in [0.2, 0.25) is 5.76 Å². The van der Waals surface area contributed by atoms with Crippen LogP contribution in [0, 0.1) is 0 Å². The molecule has 5 nitrogen and oxygen atoms in total. The Balaban J connectivity index is 0.000000171. The van der Waals surface area contributed by atoms with Crippen molar-refractivity contribution in [3.63, 3.8) is 0 Å². The Bertz CT molecular complexity index is 473. The third-order valence-corrected chi connectivity index (χ3v) is 1.92. The minimum absolute atomic E-state index is 0.0902. The molecule has 1 aromatic heterocycles. The molecule has 0 spiro atoms. The van der Waals surface area contributed by atoms with E-state index in [-0.39, 0.29) is 11.0 Å². The van der Waals surface area contributed by atoms with E-state index in [0.29, 0.717) is 0 Å². The SMILES string of the molecule is Nc1ccc(N)cc1.O=C(O)c1ccc(Cl)o1. The second-order valence-corrected chi connectivity index (χ2v) is 3.45. The summed E-state index contributed by atoms with van der Waals surface area (Å²) in [6.07, 6.45) is 0. The Morgan fingerprint density at radius 1 is 1.06 bits per heavy atom. The highest BCUT2D eigenvalue weighted by Crippen LogP contribution is 2.12. The summed E-state index contributed by atoms with van der Waals surface area (Å²) in [6.45, 7) is 0. The van der Waals surface area contributed by atoms with Crippen LogP contribution in [0.2, 0.25) is 5.22 Å². The Morgan fingerprint density at radius 3 is 1.76 bits per heavy atom. The number of rotatable bonds is 1. The molecule has 17 heavy (non-hydrogen) atoms. The quantitative estimate of drug-likeness (QED) is 0.679. The fraction of sp³-hybridized carbons (Fsp3) is 0. The molecule has 0 atom stereocenters. The van der Waals surface area contributed by atoms with Gasteiger partial charge in [0.15, 0.2) is 5.22 Å². The Kier molecular flexibility index (Phi) is 4.42. The number of hydrogen-bond acceptors (Lipinski definition) is 4. The highest BCUT2D eigenvalue weighted by Gasteiger charge is 2.05. The van der Waals surface area contributed by atoms with E-state index < -0.39 is 5.97 Å². The number of furan rings is 1. The number of nitrogens with two attached hydrogens (primary N) is 2. The normalized spacial score (nSPS) is 9.24. The molecule has 0 aliphatic rings. The van der Waals surface area contributed by atoms with E-state index in [1.807, 2.05) is 0 Å². The van der Waals surface area contributed by atoms with Crippen LogP contribution in [0.25, 0.3) is 0 Å². The molecule has 0 fully saturated rings. The number of hydrogen-bond donors (Lipinski definition) is 3. The first-order valence-electron chi connectivity index (χ1n) is 4.58. The fourth-order valence-corrected chi connectivity index (χ4v) is 1.07. The smallest absolute Gasteiger partial charge is 0.371 e. The minimum atomic E-state index is -1.11.